The summed E-state index contributed by atoms with van der Waals surface area (Å²) in [7, 11) is 3.27. The zero-order valence-electron chi connectivity index (χ0n) is 10.1. The Morgan fingerprint density at radius 1 is 1.29 bits per heavy atom. The topological polar surface area (TPSA) is 47.6 Å². The van der Waals surface area contributed by atoms with Gasteiger partial charge >= 0.3 is 0 Å². The molecule has 0 bridgehead atoms. The van der Waals surface area contributed by atoms with Crippen LogP contribution in [0.1, 0.15) is 0 Å². The highest BCUT2D eigenvalue weighted by Gasteiger charge is 1.98. The fraction of sp³-hybridized carbons (Fsp3) is 0.417. The quantitative estimate of drug-likeness (QED) is 0.751. The molecule has 1 rings (SSSR count). The van der Waals surface area contributed by atoms with Gasteiger partial charge in [0.05, 0.1) is 19.5 Å². The Kier molecular flexibility index (Phi) is 6.32. The maximum Gasteiger partial charge on any atom is 0.229 e. The number of hydrogen-bond donors (Lipinski definition) is 1. The van der Waals surface area contributed by atoms with Gasteiger partial charge in [-0.1, -0.05) is 0 Å². The number of nitrogens with one attached hydrogen (secondary N) is 1. The molecule has 1 aromatic carbocycles. The lowest BCUT2D eigenvalue weighted by Crippen LogP contribution is -2.20. The highest BCUT2D eigenvalue weighted by atomic mass is 32.2. The Hall–Kier alpha value is -1.36. The van der Waals surface area contributed by atoms with E-state index >= 15 is 0 Å². The van der Waals surface area contributed by atoms with Gasteiger partial charge in [0.15, 0.2) is 0 Å². The maximum atomic E-state index is 10.9. The van der Waals surface area contributed by atoms with Crippen LogP contribution in [-0.2, 0) is 4.79 Å². The molecule has 17 heavy (non-hydrogen) atoms. The Morgan fingerprint density at radius 2 is 1.94 bits per heavy atom. The van der Waals surface area contributed by atoms with E-state index in [2.05, 4.69) is 5.32 Å². The summed E-state index contributed by atoms with van der Waals surface area (Å²) in [6, 6.07) is 7.44. The van der Waals surface area contributed by atoms with Crippen LogP contribution < -0.4 is 14.8 Å². The summed E-state index contributed by atoms with van der Waals surface area (Å²) < 4.78 is 10.6. The number of amides is 1. The number of carbonyl (C=O) groups is 1. The molecule has 0 saturated heterocycles. The predicted molar refractivity (Wildman–Crippen MR) is 69.9 cm³/mol. The van der Waals surface area contributed by atoms with E-state index in [-0.39, 0.29) is 5.91 Å². The zero-order valence-corrected chi connectivity index (χ0v) is 10.9. The molecule has 1 N–H and O–H groups in total. The first-order valence-corrected chi connectivity index (χ1v) is 6.47. The molecule has 0 aliphatic rings. The van der Waals surface area contributed by atoms with Crippen LogP contribution in [0.5, 0.6) is 11.5 Å². The van der Waals surface area contributed by atoms with Crippen LogP contribution in [-0.4, -0.2) is 38.2 Å². The van der Waals surface area contributed by atoms with E-state index < -0.39 is 0 Å². The Balaban J connectivity index is 2.15. The van der Waals surface area contributed by atoms with Crippen LogP contribution in [0.2, 0.25) is 0 Å². The van der Waals surface area contributed by atoms with Crippen LogP contribution in [0.25, 0.3) is 0 Å². The molecule has 5 heteroatoms. The van der Waals surface area contributed by atoms with E-state index in [1.54, 1.807) is 25.9 Å². The van der Waals surface area contributed by atoms with Gasteiger partial charge in [0, 0.05) is 12.8 Å². The van der Waals surface area contributed by atoms with Crippen molar-refractivity contribution in [3.63, 3.8) is 0 Å². The largest absolute Gasteiger partial charge is 0.497 e. The molecule has 0 aliphatic carbocycles. The summed E-state index contributed by atoms with van der Waals surface area (Å²) in [5.74, 6) is 2.93. The minimum Gasteiger partial charge on any atom is -0.497 e. The lowest BCUT2D eigenvalue weighted by Gasteiger charge is -2.06. The van der Waals surface area contributed by atoms with E-state index in [0.717, 1.165) is 17.3 Å². The average molecular weight is 255 g/mol. The molecule has 1 amide bonds. The van der Waals surface area contributed by atoms with Crippen molar-refractivity contribution >= 4 is 17.7 Å². The van der Waals surface area contributed by atoms with E-state index in [4.69, 9.17) is 9.47 Å². The smallest absolute Gasteiger partial charge is 0.229 e. The van der Waals surface area contributed by atoms with Crippen LogP contribution in [0.15, 0.2) is 24.3 Å². The van der Waals surface area contributed by atoms with Crippen molar-refractivity contribution in [3.05, 3.63) is 24.3 Å². The third-order valence-electron chi connectivity index (χ3n) is 2.07. The molecule has 0 fully saturated rings. The molecule has 0 atom stereocenters. The number of methoxy groups -OCH3 is 1. The van der Waals surface area contributed by atoms with Crippen molar-refractivity contribution in [2.45, 2.75) is 0 Å². The van der Waals surface area contributed by atoms with Crippen LogP contribution in [0.3, 0.4) is 0 Å². The highest BCUT2D eigenvalue weighted by molar-refractivity contribution is 7.99. The van der Waals surface area contributed by atoms with Crippen LogP contribution in [0.4, 0.5) is 0 Å². The Labute approximate surface area is 106 Å². The first-order valence-electron chi connectivity index (χ1n) is 5.31. The number of ether oxygens (including phenoxy) is 2. The molecule has 0 radical (unpaired) electrons. The third-order valence-corrected chi connectivity index (χ3v) is 2.99. The molecule has 94 valence electrons. The van der Waals surface area contributed by atoms with Gasteiger partial charge in [0.2, 0.25) is 5.91 Å². The molecule has 0 saturated carbocycles. The van der Waals surface area contributed by atoms with Gasteiger partial charge in [-0.05, 0) is 24.3 Å². The van der Waals surface area contributed by atoms with E-state index in [0.29, 0.717) is 12.4 Å². The van der Waals surface area contributed by atoms with Crippen molar-refractivity contribution in [2.75, 3.05) is 32.3 Å². The molecule has 1 aromatic rings. The molecule has 0 heterocycles. The molecular weight excluding hydrogens is 238 g/mol. The van der Waals surface area contributed by atoms with Crippen LogP contribution >= 0.6 is 11.8 Å². The number of hydrogen-bond acceptors (Lipinski definition) is 4. The summed E-state index contributed by atoms with van der Waals surface area (Å²) >= 11 is 1.55. The van der Waals surface area contributed by atoms with Crippen molar-refractivity contribution < 1.29 is 14.3 Å². The fourth-order valence-electron chi connectivity index (χ4n) is 1.13. The van der Waals surface area contributed by atoms with Gasteiger partial charge in [-0.2, -0.15) is 0 Å². The first-order chi connectivity index (χ1) is 8.26. The van der Waals surface area contributed by atoms with Crippen molar-refractivity contribution in [1.82, 2.24) is 5.32 Å². The van der Waals surface area contributed by atoms with Crippen molar-refractivity contribution in [3.8, 4) is 11.5 Å². The van der Waals surface area contributed by atoms with E-state index in [1.807, 2.05) is 24.3 Å². The summed E-state index contributed by atoms with van der Waals surface area (Å²) in [6.45, 7) is 0.591. The SMILES string of the molecule is CNC(=O)CSCCOc1ccc(OC)cc1. The summed E-state index contributed by atoms with van der Waals surface area (Å²) in [5, 5.41) is 2.57. The van der Waals surface area contributed by atoms with Crippen molar-refractivity contribution in [2.24, 2.45) is 0 Å². The lowest BCUT2D eigenvalue weighted by atomic mass is 10.3. The second-order valence-electron chi connectivity index (χ2n) is 3.25. The molecule has 0 aliphatic heterocycles. The minimum atomic E-state index is 0.0412. The zero-order chi connectivity index (χ0) is 12.5. The minimum absolute atomic E-state index is 0.0412. The van der Waals surface area contributed by atoms with Gasteiger partial charge in [-0.15, -0.1) is 11.8 Å². The molecule has 4 nitrogen and oxygen atoms in total. The number of rotatable bonds is 7. The maximum absolute atomic E-state index is 10.9. The number of carbonyl (C=O) groups excluding carboxylic acids is 1. The van der Waals surface area contributed by atoms with Gasteiger partial charge < -0.3 is 14.8 Å². The molecule has 0 aromatic heterocycles. The Bertz CT molecular complexity index is 340. The number of thioether (sulfide) groups is 1. The molecule has 0 unspecified atom stereocenters. The second kappa shape index (κ2) is 7.84. The van der Waals surface area contributed by atoms with Gasteiger partial charge in [0.1, 0.15) is 11.5 Å². The average Bonchev–Trinajstić information content (AvgIpc) is 2.38. The van der Waals surface area contributed by atoms with Gasteiger partial charge in [-0.25, -0.2) is 0 Å². The standard InChI is InChI=1S/C12H17NO3S/c1-13-12(14)9-17-8-7-16-11-5-3-10(15-2)4-6-11/h3-6H,7-9H2,1-2H3,(H,13,14). The normalized spacial score (nSPS) is 9.76. The second-order valence-corrected chi connectivity index (χ2v) is 4.35. The van der Waals surface area contributed by atoms with E-state index in [1.165, 1.54) is 0 Å². The predicted octanol–water partition coefficient (Wildman–Crippen LogP) is 1.55. The Morgan fingerprint density at radius 3 is 2.53 bits per heavy atom. The highest BCUT2D eigenvalue weighted by Crippen LogP contribution is 2.17. The van der Waals surface area contributed by atoms with Crippen molar-refractivity contribution in [1.29, 1.82) is 0 Å². The van der Waals surface area contributed by atoms with Gasteiger partial charge in [-0.3, -0.25) is 4.79 Å². The third kappa shape index (κ3) is 5.49. The summed E-state index contributed by atoms with van der Waals surface area (Å²) in [6.07, 6.45) is 0. The monoisotopic (exact) mass is 255 g/mol. The molecular formula is C12H17NO3S. The first kappa shape index (κ1) is 13.7. The lowest BCUT2D eigenvalue weighted by molar-refractivity contribution is -0.118. The molecule has 0 spiro atoms. The van der Waals surface area contributed by atoms with Crippen LogP contribution in [0, 0.1) is 0 Å². The summed E-state index contributed by atoms with van der Waals surface area (Å²) in [4.78, 5) is 10.9. The number of benzene rings is 1. The fourth-order valence-corrected chi connectivity index (χ4v) is 1.80. The summed E-state index contributed by atoms with van der Waals surface area (Å²) in [5.41, 5.74) is 0. The van der Waals surface area contributed by atoms with Gasteiger partial charge in [0.25, 0.3) is 0 Å². The van der Waals surface area contributed by atoms with E-state index in [9.17, 15) is 4.79 Å².